The fourth-order valence-electron chi connectivity index (χ4n) is 2.79. The molecule has 9 heteroatoms. The van der Waals surface area contributed by atoms with E-state index in [1.54, 1.807) is 6.92 Å². The summed E-state index contributed by atoms with van der Waals surface area (Å²) >= 11 is 0. The Balaban J connectivity index is 1.78. The predicted molar refractivity (Wildman–Crippen MR) is 109 cm³/mol. The van der Waals surface area contributed by atoms with Gasteiger partial charge in [0.1, 0.15) is 0 Å². The van der Waals surface area contributed by atoms with Crippen molar-refractivity contribution in [1.29, 1.82) is 0 Å². The molecule has 0 spiro atoms. The number of benzene rings is 2. The average molecular weight is 418 g/mol. The summed E-state index contributed by atoms with van der Waals surface area (Å²) in [6.45, 7) is 4.57. The third-order valence-corrected chi connectivity index (χ3v) is 5.75. The Morgan fingerprint density at radius 1 is 1.14 bits per heavy atom. The van der Waals surface area contributed by atoms with Crippen LogP contribution in [-0.4, -0.2) is 25.6 Å². The SMILES string of the molecule is CCCCOC(=O)c1ccc(NS(=O)(=O)c2ccc3c(c2)oc(=O)n3CC)cc1. The number of aryl methyl sites for hydroxylation is 1. The van der Waals surface area contributed by atoms with Gasteiger partial charge in [0.05, 0.1) is 22.6 Å². The number of fused-ring (bicyclic) bond motifs is 1. The lowest BCUT2D eigenvalue weighted by molar-refractivity contribution is 0.0500. The molecule has 0 saturated carbocycles. The van der Waals surface area contributed by atoms with Crippen molar-refractivity contribution in [3.05, 3.63) is 58.6 Å². The number of anilines is 1. The first-order valence-corrected chi connectivity index (χ1v) is 10.8. The number of oxazole rings is 1. The van der Waals surface area contributed by atoms with Crippen LogP contribution < -0.4 is 10.5 Å². The summed E-state index contributed by atoms with van der Waals surface area (Å²) < 4.78 is 39.4. The van der Waals surface area contributed by atoms with Crippen molar-refractivity contribution in [2.45, 2.75) is 38.1 Å². The molecule has 1 aromatic heterocycles. The molecule has 154 valence electrons. The number of carbonyl (C=O) groups excluding carboxylic acids is 1. The number of rotatable bonds is 8. The minimum Gasteiger partial charge on any atom is -0.462 e. The molecule has 0 fully saturated rings. The van der Waals surface area contributed by atoms with Gasteiger partial charge < -0.3 is 9.15 Å². The van der Waals surface area contributed by atoms with Crippen LogP contribution in [0.5, 0.6) is 0 Å². The van der Waals surface area contributed by atoms with Crippen molar-refractivity contribution in [2.75, 3.05) is 11.3 Å². The molecule has 3 aromatic rings. The van der Waals surface area contributed by atoms with Gasteiger partial charge in [0.2, 0.25) is 0 Å². The molecule has 8 nitrogen and oxygen atoms in total. The highest BCUT2D eigenvalue weighted by Gasteiger charge is 2.18. The molecule has 0 aliphatic carbocycles. The third kappa shape index (κ3) is 4.51. The Labute approximate surface area is 168 Å². The lowest BCUT2D eigenvalue weighted by Gasteiger charge is -2.09. The van der Waals surface area contributed by atoms with Crippen molar-refractivity contribution in [2.24, 2.45) is 0 Å². The van der Waals surface area contributed by atoms with E-state index in [2.05, 4.69) is 4.72 Å². The maximum absolute atomic E-state index is 12.7. The molecule has 0 unspecified atom stereocenters. The van der Waals surface area contributed by atoms with E-state index in [-0.39, 0.29) is 10.5 Å². The number of nitrogens with zero attached hydrogens (tertiary/aromatic N) is 1. The summed E-state index contributed by atoms with van der Waals surface area (Å²) in [6, 6.07) is 10.2. The number of sulfonamides is 1. The molecule has 1 N–H and O–H groups in total. The molecule has 0 radical (unpaired) electrons. The standard InChI is InChI=1S/C20H22N2O6S/c1-3-5-12-27-19(23)14-6-8-15(9-7-14)21-29(25,26)16-10-11-17-18(13-16)28-20(24)22(17)4-2/h6-11,13,21H,3-5,12H2,1-2H3. The summed E-state index contributed by atoms with van der Waals surface area (Å²) in [7, 11) is -3.90. The van der Waals surface area contributed by atoms with Crippen molar-refractivity contribution >= 4 is 32.8 Å². The topological polar surface area (TPSA) is 108 Å². The van der Waals surface area contributed by atoms with Gasteiger partial charge in [-0.05, 0) is 49.7 Å². The largest absolute Gasteiger partial charge is 0.462 e. The Morgan fingerprint density at radius 3 is 2.52 bits per heavy atom. The van der Waals surface area contributed by atoms with Gasteiger partial charge in [-0.25, -0.2) is 18.0 Å². The van der Waals surface area contributed by atoms with Gasteiger partial charge in [0.15, 0.2) is 5.58 Å². The fourth-order valence-corrected chi connectivity index (χ4v) is 3.87. The van der Waals surface area contributed by atoms with Crippen LogP contribution in [0.25, 0.3) is 11.1 Å². The van der Waals surface area contributed by atoms with E-state index in [1.807, 2.05) is 6.92 Å². The number of hydrogen-bond donors (Lipinski definition) is 1. The molecule has 0 amide bonds. The molecule has 0 aliphatic rings. The summed E-state index contributed by atoms with van der Waals surface area (Å²) in [5.41, 5.74) is 1.36. The van der Waals surface area contributed by atoms with E-state index < -0.39 is 21.7 Å². The van der Waals surface area contributed by atoms with E-state index >= 15 is 0 Å². The molecule has 0 bridgehead atoms. The number of nitrogens with one attached hydrogen (secondary N) is 1. The molecule has 1 heterocycles. The number of aromatic nitrogens is 1. The van der Waals surface area contributed by atoms with Gasteiger partial charge in [0.25, 0.3) is 10.0 Å². The Morgan fingerprint density at radius 2 is 1.86 bits per heavy atom. The van der Waals surface area contributed by atoms with Crippen LogP contribution in [0.15, 0.2) is 56.6 Å². The van der Waals surface area contributed by atoms with Crippen LogP contribution in [0.1, 0.15) is 37.0 Å². The van der Waals surface area contributed by atoms with E-state index in [0.717, 1.165) is 12.8 Å². The Kier molecular flexibility index (Phi) is 6.07. The number of hydrogen-bond acceptors (Lipinski definition) is 6. The molecule has 2 aromatic carbocycles. The van der Waals surface area contributed by atoms with Crippen LogP contribution in [0.2, 0.25) is 0 Å². The highest BCUT2D eigenvalue weighted by molar-refractivity contribution is 7.92. The number of ether oxygens (including phenoxy) is 1. The van der Waals surface area contributed by atoms with Gasteiger partial charge >= 0.3 is 11.7 Å². The van der Waals surface area contributed by atoms with E-state index in [1.165, 1.54) is 47.0 Å². The summed E-state index contributed by atoms with van der Waals surface area (Å²) in [5, 5.41) is 0. The van der Waals surface area contributed by atoms with Gasteiger partial charge in [-0.1, -0.05) is 13.3 Å². The van der Waals surface area contributed by atoms with Gasteiger partial charge in [-0.2, -0.15) is 0 Å². The summed E-state index contributed by atoms with van der Waals surface area (Å²) in [5.74, 6) is -0.986. The van der Waals surface area contributed by atoms with Crippen molar-refractivity contribution < 1.29 is 22.4 Å². The molecule has 29 heavy (non-hydrogen) atoms. The Bertz CT molecular complexity index is 1180. The van der Waals surface area contributed by atoms with Crippen molar-refractivity contribution in [1.82, 2.24) is 4.57 Å². The van der Waals surface area contributed by atoms with Crippen LogP contribution >= 0.6 is 0 Å². The summed E-state index contributed by atoms with van der Waals surface area (Å²) in [4.78, 5) is 23.7. The van der Waals surface area contributed by atoms with Gasteiger partial charge in [0, 0.05) is 18.3 Å². The minimum absolute atomic E-state index is 0.0370. The first-order valence-electron chi connectivity index (χ1n) is 9.29. The van der Waals surface area contributed by atoms with Crippen LogP contribution in [0.3, 0.4) is 0 Å². The summed E-state index contributed by atoms with van der Waals surface area (Å²) in [6.07, 6.45) is 1.71. The van der Waals surface area contributed by atoms with Crippen molar-refractivity contribution in [3.63, 3.8) is 0 Å². The number of unbranched alkanes of at least 4 members (excludes halogenated alkanes) is 1. The molecule has 3 rings (SSSR count). The van der Waals surface area contributed by atoms with Crippen LogP contribution in [0.4, 0.5) is 5.69 Å². The minimum atomic E-state index is -3.90. The van der Waals surface area contributed by atoms with Crippen LogP contribution in [0, 0.1) is 0 Å². The predicted octanol–water partition coefficient (Wildman–Crippen LogP) is 3.37. The smallest absolute Gasteiger partial charge is 0.419 e. The normalized spacial score (nSPS) is 11.5. The molecule has 0 aliphatic heterocycles. The maximum Gasteiger partial charge on any atom is 0.419 e. The maximum atomic E-state index is 12.7. The quantitative estimate of drug-likeness (QED) is 0.444. The molecule has 0 atom stereocenters. The lowest BCUT2D eigenvalue weighted by atomic mass is 10.2. The zero-order valence-corrected chi connectivity index (χ0v) is 17.0. The highest BCUT2D eigenvalue weighted by atomic mass is 32.2. The van der Waals surface area contributed by atoms with Crippen LogP contribution in [-0.2, 0) is 21.3 Å². The molecular weight excluding hydrogens is 396 g/mol. The molecule has 0 saturated heterocycles. The highest BCUT2D eigenvalue weighted by Crippen LogP contribution is 2.21. The number of carbonyl (C=O) groups is 1. The number of esters is 1. The monoisotopic (exact) mass is 418 g/mol. The second-order valence-corrected chi connectivity index (χ2v) is 8.10. The second-order valence-electron chi connectivity index (χ2n) is 6.41. The van der Waals surface area contributed by atoms with E-state index in [4.69, 9.17) is 9.15 Å². The van der Waals surface area contributed by atoms with Crippen molar-refractivity contribution in [3.8, 4) is 0 Å². The lowest BCUT2D eigenvalue weighted by Crippen LogP contribution is -2.13. The second kappa shape index (κ2) is 8.52. The van der Waals surface area contributed by atoms with E-state index in [9.17, 15) is 18.0 Å². The van der Waals surface area contributed by atoms with Gasteiger partial charge in [-0.15, -0.1) is 0 Å². The first-order chi connectivity index (χ1) is 13.9. The zero-order valence-electron chi connectivity index (χ0n) is 16.2. The van der Waals surface area contributed by atoms with Gasteiger partial charge in [-0.3, -0.25) is 9.29 Å². The van der Waals surface area contributed by atoms with E-state index in [0.29, 0.717) is 29.9 Å². The molecular formula is C20H22N2O6S. The average Bonchev–Trinajstić information content (AvgIpc) is 3.02. The Hall–Kier alpha value is -3.07. The zero-order chi connectivity index (χ0) is 21.0. The fraction of sp³-hybridized carbons (Fsp3) is 0.300. The first kappa shape index (κ1) is 20.7. The third-order valence-electron chi connectivity index (χ3n) is 4.37.